The number of carbonyl (C=O) groups is 1. The lowest BCUT2D eigenvalue weighted by Gasteiger charge is -2.28. The first kappa shape index (κ1) is 15.7. The maximum Gasteiger partial charge on any atom is 0.278 e. The molecule has 0 saturated carbocycles. The minimum Gasteiger partial charge on any atom is -0.337 e. The van der Waals surface area contributed by atoms with Gasteiger partial charge in [0.05, 0.1) is 0 Å². The number of fused-ring (bicyclic) bond motifs is 1. The molecule has 0 fully saturated rings. The van der Waals surface area contributed by atoms with Crippen LogP contribution in [0.5, 0.6) is 0 Å². The van der Waals surface area contributed by atoms with Crippen molar-refractivity contribution >= 4 is 29.0 Å². The standard InChI is InChI=1S/C18H16ClN5O/c19-14-5-7-15(8-6-14)20-17-16(21-23-22-17)18(25)24-10-9-12-3-1-2-4-13(12)11-24/h1-8H,9-11H2,(H2,20,21,22,23). The van der Waals surface area contributed by atoms with Gasteiger partial charge < -0.3 is 10.2 Å². The highest BCUT2D eigenvalue weighted by Gasteiger charge is 2.26. The van der Waals surface area contributed by atoms with Crippen LogP contribution >= 0.6 is 11.6 Å². The smallest absolute Gasteiger partial charge is 0.278 e. The number of carbonyl (C=O) groups excluding carboxylic acids is 1. The van der Waals surface area contributed by atoms with Gasteiger partial charge in [0.25, 0.3) is 5.91 Å². The maximum absolute atomic E-state index is 12.9. The Morgan fingerprint density at radius 1 is 1.08 bits per heavy atom. The molecule has 7 heteroatoms. The third kappa shape index (κ3) is 3.21. The van der Waals surface area contributed by atoms with Crippen molar-refractivity contribution in [2.45, 2.75) is 13.0 Å². The minimum absolute atomic E-state index is 0.139. The Morgan fingerprint density at radius 3 is 2.64 bits per heavy atom. The normalized spacial score (nSPS) is 13.4. The second kappa shape index (κ2) is 6.57. The van der Waals surface area contributed by atoms with E-state index in [1.807, 2.05) is 24.3 Å². The number of H-pyrrole nitrogens is 1. The van der Waals surface area contributed by atoms with Crippen molar-refractivity contribution < 1.29 is 4.79 Å². The van der Waals surface area contributed by atoms with Crippen LogP contribution in [-0.4, -0.2) is 32.8 Å². The molecule has 1 amide bonds. The van der Waals surface area contributed by atoms with Gasteiger partial charge in [0.1, 0.15) is 0 Å². The highest BCUT2D eigenvalue weighted by atomic mass is 35.5. The number of aromatic amines is 1. The summed E-state index contributed by atoms with van der Waals surface area (Å²) in [5.74, 6) is 0.269. The quantitative estimate of drug-likeness (QED) is 0.756. The van der Waals surface area contributed by atoms with E-state index in [1.54, 1.807) is 17.0 Å². The van der Waals surface area contributed by atoms with Crippen molar-refractivity contribution in [1.29, 1.82) is 0 Å². The summed E-state index contributed by atoms with van der Waals surface area (Å²) in [7, 11) is 0. The van der Waals surface area contributed by atoms with Gasteiger partial charge in [-0.3, -0.25) is 4.79 Å². The summed E-state index contributed by atoms with van der Waals surface area (Å²) >= 11 is 5.90. The molecular formula is C18H16ClN5O. The van der Waals surface area contributed by atoms with Gasteiger partial charge in [-0.05, 0) is 41.8 Å². The fraction of sp³-hybridized carbons (Fsp3) is 0.167. The molecule has 0 radical (unpaired) electrons. The number of benzene rings is 2. The van der Waals surface area contributed by atoms with Crippen molar-refractivity contribution in [1.82, 2.24) is 20.3 Å². The molecule has 1 aliphatic rings. The van der Waals surface area contributed by atoms with E-state index in [4.69, 9.17) is 11.6 Å². The van der Waals surface area contributed by atoms with Gasteiger partial charge in [-0.2, -0.15) is 5.21 Å². The highest BCUT2D eigenvalue weighted by molar-refractivity contribution is 6.30. The molecule has 0 saturated heterocycles. The van der Waals surface area contributed by atoms with Crippen LogP contribution < -0.4 is 5.32 Å². The van der Waals surface area contributed by atoms with E-state index in [1.165, 1.54) is 11.1 Å². The van der Waals surface area contributed by atoms with E-state index < -0.39 is 0 Å². The van der Waals surface area contributed by atoms with Crippen molar-refractivity contribution in [3.8, 4) is 0 Å². The molecule has 0 bridgehead atoms. The van der Waals surface area contributed by atoms with Crippen LogP contribution in [-0.2, 0) is 13.0 Å². The lowest BCUT2D eigenvalue weighted by Crippen LogP contribution is -2.36. The largest absolute Gasteiger partial charge is 0.337 e. The lowest BCUT2D eigenvalue weighted by atomic mass is 10.00. The third-order valence-electron chi connectivity index (χ3n) is 4.28. The van der Waals surface area contributed by atoms with Gasteiger partial charge >= 0.3 is 0 Å². The van der Waals surface area contributed by atoms with Crippen LogP contribution in [0.4, 0.5) is 11.5 Å². The number of anilines is 2. The molecule has 2 heterocycles. The first-order chi connectivity index (χ1) is 12.2. The Kier molecular flexibility index (Phi) is 4.11. The van der Waals surface area contributed by atoms with E-state index in [2.05, 4.69) is 32.9 Å². The van der Waals surface area contributed by atoms with Crippen LogP contribution in [0, 0.1) is 0 Å². The zero-order chi connectivity index (χ0) is 17.2. The van der Waals surface area contributed by atoms with E-state index in [-0.39, 0.29) is 11.6 Å². The van der Waals surface area contributed by atoms with Gasteiger partial charge in [-0.15, -0.1) is 10.2 Å². The molecule has 0 spiro atoms. The van der Waals surface area contributed by atoms with Crippen molar-refractivity contribution in [2.24, 2.45) is 0 Å². The van der Waals surface area contributed by atoms with Crippen LogP contribution in [0.15, 0.2) is 48.5 Å². The molecule has 6 nitrogen and oxygen atoms in total. The van der Waals surface area contributed by atoms with E-state index in [0.717, 1.165) is 12.1 Å². The molecule has 3 aromatic rings. The van der Waals surface area contributed by atoms with E-state index in [0.29, 0.717) is 23.9 Å². The lowest BCUT2D eigenvalue weighted by molar-refractivity contribution is 0.0729. The molecule has 0 aliphatic carbocycles. The van der Waals surface area contributed by atoms with Gasteiger partial charge in [-0.25, -0.2) is 0 Å². The number of hydrogen-bond donors (Lipinski definition) is 2. The first-order valence-electron chi connectivity index (χ1n) is 8.00. The Morgan fingerprint density at radius 2 is 1.84 bits per heavy atom. The van der Waals surface area contributed by atoms with Crippen LogP contribution in [0.2, 0.25) is 5.02 Å². The van der Waals surface area contributed by atoms with Gasteiger partial charge in [0.15, 0.2) is 11.5 Å². The number of nitrogens with one attached hydrogen (secondary N) is 2. The second-order valence-corrected chi connectivity index (χ2v) is 6.33. The molecule has 1 aromatic heterocycles. The molecule has 0 atom stereocenters. The Labute approximate surface area is 149 Å². The highest BCUT2D eigenvalue weighted by Crippen LogP contribution is 2.23. The van der Waals surface area contributed by atoms with E-state index >= 15 is 0 Å². The molecule has 126 valence electrons. The second-order valence-electron chi connectivity index (χ2n) is 5.90. The van der Waals surface area contributed by atoms with E-state index in [9.17, 15) is 4.79 Å². The summed E-state index contributed by atoms with van der Waals surface area (Å²) in [6.45, 7) is 1.26. The fourth-order valence-electron chi connectivity index (χ4n) is 2.96. The number of aromatic nitrogens is 3. The molecule has 1 aliphatic heterocycles. The maximum atomic E-state index is 12.9. The Bertz CT molecular complexity index is 906. The average Bonchev–Trinajstić information content (AvgIpc) is 3.10. The number of rotatable bonds is 3. The molecule has 0 unspecified atom stereocenters. The third-order valence-corrected chi connectivity index (χ3v) is 4.53. The van der Waals surface area contributed by atoms with Crippen molar-refractivity contribution in [2.75, 3.05) is 11.9 Å². The topological polar surface area (TPSA) is 73.9 Å². The zero-order valence-electron chi connectivity index (χ0n) is 13.4. The number of halogens is 1. The predicted molar refractivity (Wildman–Crippen MR) is 96.0 cm³/mol. The van der Waals surface area contributed by atoms with Crippen molar-refractivity contribution in [3.63, 3.8) is 0 Å². The monoisotopic (exact) mass is 353 g/mol. The number of hydrogen-bond acceptors (Lipinski definition) is 4. The first-order valence-corrected chi connectivity index (χ1v) is 8.38. The molecule has 2 N–H and O–H groups in total. The summed E-state index contributed by atoms with van der Waals surface area (Å²) in [6.07, 6.45) is 0.847. The predicted octanol–water partition coefficient (Wildman–Crippen LogP) is 3.40. The summed E-state index contributed by atoms with van der Waals surface area (Å²) in [4.78, 5) is 14.7. The van der Waals surface area contributed by atoms with Crippen LogP contribution in [0.3, 0.4) is 0 Å². The molecular weight excluding hydrogens is 338 g/mol. The van der Waals surface area contributed by atoms with Gasteiger partial charge in [0, 0.05) is 23.8 Å². The summed E-state index contributed by atoms with van der Waals surface area (Å²) < 4.78 is 0. The minimum atomic E-state index is -0.139. The zero-order valence-corrected chi connectivity index (χ0v) is 14.1. The fourth-order valence-corrected chi connectivity index (χ4v) is 3.08. The molecule has 4 rings (SSSR count). The molecule has 2 aromatic carbocycles. The Hall–Kier alpha value is -2.86. The summed E-state index contributed by atoms with van der Waals surface area (Å²) in [6, 6.07) is 15.4. The van der Waals surface area contributed by atoms with Gasteiger partial charge in [-0.1, -0.05) is 35.9 Å². The van der Waals surface area contributed by atoms with Gasteiger partial charge in [0.2, 0.25) is 0 Å². The SMILES string of the molecule is O=C(c1n[nH]nc1Nc1ccc(Cl)cc1)N1CCc2ccccc2C1. The van der Waals surface area contributed by atoms with Crippen LogP contribution in [0.1, 0.15) is 21.6 Å². The molecule has 25 heavy (non-hydrogen) atoms. The number of nitrogens with zero attached hydrogens (tertiary/aromatic N) is 3. The summed E-state index contributed by atoms with van der Waals surface area (Å²) in [5, 5.41) is 14.4. The summed E-state index contributed by atoms with van der Waals surface area (Å²) in [5.41, 5.74) is 3.55. The van der Waals surface area contributed by atoms with Crippen molar-refractivity contribution in [3.05, 3.63) is 70.4 Å². The average molecular weight is 354 g/mol. The van der Waals surface area contributed by atoms with Crippen LogP contribution in [0.25, 0.3) is 0 Å². The number of amides is 1. The Balaban J connectivity index is 1.54.